The van der Waals surface area contributed by atoms with E-state index in [1.165, 1.54) is 0 Å². The minimum atomic E-state index is 0. The second-order valence-electron chi connectivity index (χ2n) is 5.27. The fraction of sp³-hybridized carbons (Fsp3) is 0.222. The zero-order chi connectivity index (χ0) is 15.5. The second-order valence-corrected chi connectivity index (χ2v) is 5.27. The van der Waals surface area contributed by atoms with Crippen molar-refractivity contribution in [1.82, 2.24) is 4.57 Å². The van der Waals surface area contributed by atoms with Crippen molar-refractivity contribution in [2.24, 2.45) is 7.05 Å². The maximum atomic E-state index is 9.03. The summed E-state index contributed by atoms with van der Waals surface area (Å²) in [4.78, 5) is 0. The Bertz CT molecular complexity index is 850. The SMILES string of the molecule is Cc1c(CC#N)[n+]2cccc(OCc3ccccc3)c2n1C.[I-]. The van der Waals surface area contributed by atoms with Gasteiger partial charge in [-0.2, -0.15) is 9.66 Å². The van der Waals surface area contributed by atoms with E-state index in [4.69, 9.17) is 10.00 Å². The number of hydrogen-bond donors (Lipinski definition) is 0. The molecule has 118 valence electrons. The van der Waals surface area contributed by atoms with Crippen LogP contribution in [0.4, 0.5) is 0 Å². The van der Waals surface area contributed by atoms with Gasteiger partial charge in [-0.3, -0.25) is 0 Å². The van der Waals surface area contributed by atoms with Gasteiger partial charge in [0.25, 0.3) is 0 Å². The Kier molecular flexibility index (Phi) is 5.61. The number of ether oxygens (including phenoxy) is 1. The molecular weight excluding hydrogens is 401 g/mol. The zero-order valence-electron chi connectivity index (χ0n) is 13.2. The third-order valence-corrected chi connectivity index (χ3v) is 3.94. The fourth-order valence-corrected chi connectivity index (χ4v) is 2.69. The van der Waals surface area contributed by atoms with Crippen LogP contribution in [0.25, 0.3) is 5.65 Å². The van der Waals surface area contributed by atoms with E-state index < -0.39 is 0 Å². The Morgan fingerprint density at radius 2 is 1.91 bits per heavy atom. The third kappa shape index (κ3) is 3.32. The number of halogens is 1. The molecule has 0 aliphatic heterocycles. The lowest BCUT2D eigenvalue weighted by atomic mass is 10.2. The van der Waals surface area contributed by atoms with E-state index in [1.807, 2.05) is 67.0 Å². The van der Waals surface area contributed by atoms with Crippen LogP contribution in [0.5, 0.6) is 5.75 Å². The summed E-state index contributed by atoms with van der Waals surface area (Å²) in [5, 5.41) is 9.03. The van der Waals surface area contributed by atoms with Gasteiger partial charge in [-0.25, -0.2) is 4.57 Å². The van der Waals surface area contributed by atoms with Gasteiger partial charge in [-0.15, -0.1) is 0 Å². The van der Waals surface area contributed by atoms with Gasteiger partial charge in [0.2, 0.25) is 5.75 Å². The fourth-order valence-electron chi connectivity index (χ4n) is 2.69. The molecule has 2 aromatic heterocycles. The monoisotopic (exact) mass is 419 g/mol. The van der Waals surface area contributed by atoms with Gasteiger partial charge >= 0.3 is 5.65 Å². The lowest BCUT2D eigenvalue weighted by Crippen LogP contribution is -3.00. The molecule has 0 saturated carbocycles. The van der Waals surface area contributed by atoms with Gasteiger partial charge in [0.15, 0.2) is 5.69 Å². The highest BCUT2D eigenvalue weighted by atomic mass is 127. The first-order chi connectivity index (χ1) is 10.7. The standard InChI is InChI=1S/C18H18N3O.HI/c1-14-16(10-11-19)21-12-6-9-17(18(21)20(14)2)22-13-15-7-4-3-5-8-15;/h3-9,12H,10,13H2,1-2H3;1H/q+1;/p-1. The molecule has 0 spiro atoms. The van der Waals surface area contributed by atoms with E-state index in [-0.39, 0.29) is 24.0 Å². The highest BCUT2D eigenvalue weighted by Crippen LogP contribution is 2.21. The molecule has 1 aromatic carbocycles. The molecular formula is C18H18IN3O. The predicted octanol–water partition coefficient (Wildman–Crippen LogP) is -0.279. The number of benzene rings is 1. The first-order valence-corrected chi connectivity index (χ1v) is 7.24. The quantitative estimate of drug-likeness (QED) is 0.432. The Balaban J connectivity index is 0.00000192. The molecule has 0 amide bonds. The molecule has 4 nitrogen and oxygen atoms in total. The molecule has 5 heteroatoms. The second kappa shape index (κ2) is 7.47. The van der Waals surface area contributed by atoms with Gasteiger partial charge in [0, 0.05) is 6.92 Å². The van der Waals surface area contributed by atoms with Crippen molar-refractivity contribution >= 4 is 5.65 Å². The van der Waals surface area contributed by atoms with Crippen molar-refractivity contribution in [3.05, 3.63) is 65.6 Å². The summed E-state index contributed by atoms with van der Waals surface area (Å²) in [7, 11) is 2.00. The largest absolute Gasteiger partial charge is 1.00 e. The molecule has 0 N–H and O–H groups in total. The lowest BCUT2D eigenvalue weighted by molar-refractivity contribution is -0.520. The molecule has 3 aromatic rings. The van der Waals surface area contributed by atoms with Crippen molar-refractivity contribution in [2.75, 3.05) is 0 Å². The maximum Gasteiger partial charge on any atom is 0.329 e. The van der Waals surface area contributed by atoms with Crippen LogP contribution in [0.3, 0.4) is 0 Å². The van der Waals surface area contributed by atoms with Crippen LogP contribution in [0, 0.1) is 18.3 Å². The van der Waals surface area contributed by atoms with Crippen LogP contribution in [-0.4, -0.2) is 4.57 Å². The van der Waals surface area contributed by atoms with E-state index in [0.29, 0.717) is 13.0 Å². The molecule has 3 rings (SSSR count). The van der Waals surface area contributed by atoms with E-state index >= 15 is 0 Å². The highest BCUT2D eigenvalue weighted by Gasteiger charge is 2.23. The Hall–Kier alpha value is -2.07. The van der Waals surface area contributed by atoms with E-state index in [9.17, 15) is 0 Å². The number of nitriles is 1. The summed E-state index contributed by atoms with van der Waals surface area (Å²) in [6, 6.07) is 16.2. The smallest absolute Gasteiger partial charge is 0.329 e. The summed E-state index contributed by atoms with van der Waals surface area (Å²) >= 11 is 0. The molecule has 0 atom stereocenters. The third-order valence-electron chi connectivity index (χ3n) is 3.94. The lowest BCUT2D eigenvalue weighted by Gasteiger charge is -2.05. The maximum absolute atomic E-state index is 9.03. The summed E-state index contributed by atoms with van der Waals surface area (Å²) < 4.78 is 10.1. The number of aromatic nitrogens is 2. The van der Waals surface area contributed by atoms with Crippen molar-refractivity contribution < 1.29 is 33.1 Å². The summed E-state index contributed by atoms with van der Waals surface area (Å²) in [6.07, 6.45) is 2.36. The number of rotatable bonds is 4. The minimum absolute atomic E-state index is 0. The van der Waals surface area contributed by atoms with Crippen molar-refractivity contribution in [2.45, 2.75) is 20.0 Å². The van der Waals surface area contributed by atoms with E-state index in [2.05, 4.69) is 10.6 Å². The van der Waals surface area contributed by atoms with Crippen LogP contribution in [0.15, 0.2) is 48.7 Å². The molecule has 0 radical (unpaired) electrons. The first-order valence-electron chi connectivity index (χ1n) is 7.24. The van der Waals surface area contributed by atoms with Gasteiger partial charge in [-0.05, 0) is 17.7 Å². The molecule has 23 heavy (non-hydrogen) atoms. The predicted molar refractivity (Wildman–Crippen MR) is 83.4 cm³/mol. The van der Waals surface area contributed by atoms with Gasteiger partial charge in [0.05, 0.1) is 19.3 Å². The van der Waals surface area contributed by atoms with Gasteiger partial charge < -0.3 is 28.7 Å². The molecule has 0 fully saturated rings. The first kappa shape index (κ1) is 17.3. The zero-order valence-corrected chi connectivity index (χ0v) is 15.3. The Morgan fingerprint density at radius 3 is 2.61 bits per heavy atom. The van der Waals surface area contributed by atoms with Crippen LogP contribution in [0.2, 0.25) is 0 Å². The average Bonchev–Trinajstić information content (AvgIpc) is 2.80. The number of imidazole rings is 1. The number of aryl methyl sites for hydroxylation is 1. The van der Waals surface area contributed by atoms with Crippen LogP contribution in [-0.2, 0) is 20.1 Å². The molecule has 2 heterocycles. The average molecular weight is 419 g/mol. The molecule has 0 unspecified atom stereocenters. The molecule has 0 aliphatic carbocycles. The van der Waals surface area contributed by atoms with Crippen LogP contribution < -0.4 is 33.1 Å². The topological polar surface area (TPSA) is 42.1 Å². The van der Waals surface area contributed by atoms with Crippen molar-refractivity contribution in [3.8, 4) is 11.8 Å². The van der Waals surface area contributed by atoms with Gasteiger partial charge in [0.1, 0.15) is 18.7 Å². The van der Waals surface area contributed by atoms with E-state index in [1.54, 1.807) is 0 Å². The van der Waals surface area contributed by atoms with Crippen molar-refractivity contribution in [3.63, 3.8) is 0 Å². The van der Waals surface area contributed by atoms with Crippen LogP contribution >= 0.6 is 0 Å². The number of hydrogen-bond acceptors (Lipinski definition) is 2. The number of nitrogens with zero attached hydrogens (tertiary/aromatic N) is 3. The van der Waals surface area contributed by atoms with Crippen molar-refractivity contribution in [1.29, 1.82) is 5.26 Å². The summed E-state index contributed by atoms with van der Waals surface area (Å²) in [5.74, 6) is 0.821. The van der Waals surface area contributed by atoms with E-state index in [0.717, 1.165) is 28.3 Å². The minimum Gasteiger partial charge on any atom is -1.00 e. The normalized spacial score (nSPS) is 10.1. The Labute approximate surface area is 153 Å². The number of pyridine rings is 1. The highest BCUT2D eigenvalue weighted by molar-refractivity contribution is 5.50. The number of fused-ring (bicyclic) bond motifs is 1. The van der Waals surface area contributed by atoms with Crippen LogP contribution in [0.1, 0.15) is 17.0 Å². The molecule has 0 aliphatic rings. The Morgan fingerprint density at radius 1 is 1.17 bits per heavy atom. The molecule has 0 bridgehead atoms. The van der Waals surface area contributed by atoms with Gasteiger partial charge in [-0.1, -0.05) is 30.3 Å². The summed E-state index contributed by atoms with van der Waals surface area (Å²) in [5.41, 5.74) is 4.19. The summed E-state index contributed by atoms with van der Waals surface area (Å²) in [6.45, 7) is 2.55. The molecule has 0 saturated heterocycles.